The van der Waals surface area contributed by atoms with Crippen LogP contribution in [0.4, 0.5) is 0 Å². The lowest BCUT2D eigenvalue weighted by Crippen LogP contribution is -2.26. The van der Waals surface area contributed by atoms with Gasteiger partial charge in [-0.05, 0) is 47.5 Å². The second kappa shape index (κ2) is 9.58. The quantitative estimate of drug-likeness (QED) is 0.394. The molecule has 1 heterocycles. The van der Waals surface area contributed by atoms with Gasteiger partial charge in [0.15, 0.2) is 22.8 Å². The van der Waals surface area contributed by atoms with Gasteiger partial charge in [-0.15, -0.1) is 5.10 Å². The zero-order chi connectivity index (χ0) is 19.1. The molecule has 1 saturated heterocycles. The third-order valence-electron chi connectivity index (χ3n) is 3.11. The van der Waals surface area contributed by atoms with E-state index in [1.165, 1.54) is 25.1 Å². The SMILES string of the molecule is CCOC(=O)C(C)Oc1c(Br)cc(C=NN=C2NC(=O)CS2)cc1OC. The number of benzene rings is 1. The lowest BCUT2D eigenvalue weighted by Gasteiger charge is -2.17. The molecule has 0 saturated carbocycles. The summed E-state index contributed by atoms with van der Waals surface area (Å²) in [7, 11) is 1.50. The van der Waals surface area contributed by atoms with Crippen molar-refractivity contribution in [3.63, 3.8) is 0 Å². The fourth-order valence-corrected chi connectivity index (χ4v) is 3.12. The summed E-state index contributed by atoms with van der Waals surface area (Å²) in [6, 6.07) is 3.45. The Balaban J connectivity index is 2.15. The van der Waals surface area contributed by atoms with Crippen LogP contribution >= 0.6 is 27.7 Å². The molecule has 0 spiro atoms. The summed E-state index contributed by atoms with van der Waals surface area (Å²) in [6.45, 7) is 3.61. The number of amidine groups is 1. The molecule has 1 atom stereocenters. The van der Waals surface area contributed by atoms with E-state index in [2.05, 4.69) is 31.4 Å². The Morgan fingerprint density at radius 3 is 2.88 bits per heavy atom. The van der Waals surface area contributed by atoms with Crippen molar-refractivity contribution in [2.45, 2.75) is 20.0 Å². The van der Waals surface area contributed by atoms with Crippen LogP contribution in [0.2, 0.25) is 0 Å². The highest BCUT2D eigenvalue weighted by Gasteiger charge is 2.20. The van der Waals surface area contributed by atoms with Crippen molar-refractivity contribution >= 4 is 51.0 Å². The van der Waals surface area contributed by atoms with Gasteiger partial charge in [0.2, 0.25) is 5.91 Å². The highest BCUT2D eigenvalue weighted by molar-refractivity contribution is 9.10. The van der Waals surface area contributed by atoms with Gasteiger partial charge in [-0.3, -0.25) is 4.79 Å². The van der Waals surface area contributed by atoms with Crippen LogP contribution in [0.1, 0.15) is 19.4 Å². The van der Waals surface area contributed by atoms with E-state index in [9.17, 15) is 9.59 Å². The van der Waals surface area contributed by atoms with Gasteiger partial charge in [0, 0.05) is 0 Å². The molecule has 0 bridgehead atoms. The molecule has 2 rings (SSSR count). The van der Waals surface area contributed by atoms with Crippen molar-refractivity contribution in [3.8, 4) is 11.5 Å². The average Bonchev–Trinajstić information content (AvgIpc) is 3.02. The number of hydrogen-bond donors (Lipinski definition) is 1. The number of carbonyl (C=O) groups excluding carboxylic acids is 2. The van der Waals surface area contributed by atoms with Crippen LogP contribution in [0, 0.1) is 0 Å². The minimum Gasteiger partial charge on any atom is -0.493 e. The van der Waals surface area contributed by atoms with Gasteiger partial charge in [0.1, 0.15) is 0 Å². The molecule has 1 aliphatic rings. The third-order valence-corrected chi connectivity index (χ3v) is 4.56. The van der Waals surface area contributed by atoms with E-state index in [4.69, 9.17) is 14.2 Å². The maximum Gasteiger partial charge on any atom is 0.347 e. The van der Waals surface area contributed by atoms with Gasteiger partial charge in [0.25, 0.3) is 0 Å². The molecule has 1 fully saturated rings. The number of ether oxygens (including phenoxy) is 3. The molecule has 1 aromatic carbocycles. The van der Waals surface area contributed by atoms with Crippen LogP contribution < -0.4 is 14.8 Å². The van der Waals surface area contributed by atoms with Gasteiger partial charge in [-0.25, -0.2) is 4.79 Å². The maximum atomic E-state index is 11.7. The molecule has 26 heavy (non-hydrogen) atoms. The zero-order valence-corrected chi connectivity index (χ0v) is 16.8. The molecule has 0 radical (unpaired) electrons. The molecule has 8 nitrogen and oxygen atoms in total. The van der Waals surface area contributed by atoms with Crippen molar-refractivity contribution in [1.82, 2.24) is 5.32 Å². The summed E-state index contributed by atoms with van der Waals surface area (Å²) in [4.78, 5) is 22.8. The Morgan fingerprint density at radius 2 is 2.27 bits per heavy atom. The number of thioether (sulfide) groups is 1. The number of nitrogens with one attached hydrogen (secondary N) is 1. The average molecular weight is 444 g/mol. The summed E-state index contributed by atoms with van der Waals surface area (Å²) in [5.74, 6) is 0.603. The minimum atomic E-state index is -0.783. The zero-order valence-electron chi connectivity index (χ0n) is 14.4. The van der Waals surface area contributed by atoms with E-state index < -0.39 is 12.1 Å². The first kappa shape index (κ1) is 20.2. The second-order valence-corrected chi connectivity index (χ2v) is 6.85. The first-order chi connectivity index (χ1) is 12.4. The fourth-order valence-electron chi connectivity index (χ4n) is 1.94. The van der Waals surface area contributed by atoms with Gasteiger partial charge in [-0.2, -0.15) is 5.10 Å². The monoisotopic (exact) mass is 443 g/mol. The van der Waals surface area contributed by atoms with E-state index in [1.54, 1.807) is 26.0 Å². The van der Waals surface area contributed by atoms with Crippen LogP contribution in [0.5, 0.6) is 11.5 Å². The Hall–Kier alpha value is -2.07. The lowest BCUT2D eigenvalue weighted by atomic mass is 10.2. The van der Waals surface area contributed by atoms with Crippen molar-refractivity contribution in [3.05, 3.63) is 22.2 Å². The van der Waals surface area contributed by atoms with Crippen molar-refractivity contribution < 1.29 is 23.8 Å². The van der Waals surface area contributed by atoms with Crippen LogP contribution in [0.15, 0.2) is 26.8 Å². The maximum absolute atomic E-state index is 11.7. The molecular formula is C16H18BrN3O5S. The number of nitrogens with zero attached hydrogens (tertiary/aromatic N) is 2. The predicted octanol–water partition coefficient (Wildman–Crippen LogP) is 2.34. The molecule has 1 unspecified atom stereocenters. The first-order valence-corrected chi connectivity index (χ1v) is 9.47. The Kier molecular flexibility index (Phi) is 7.46. The minimum absolute atomic E-state index is 0.0921. The highest BCUT2D eigenvalue weighted by atomic mass is 79.9. The van der Waals surface area contributed by atoms with Crippen LogP contribution in [0.3, 0.4) is 0 Å². The van der Waals surface area contributed by atoms with E-state index in [0.717, 1.165) is 0 Å². The number of esters is 1. The van der Waals surface area contributed by atoms with E-state index in [1.807, 2.05) is 0 Å². The van der Waals surface area contributed by atoms with Crippen LogP contribution in [-0.2, 0) is 14.3 Å². The Bertz CT molecular complexity index is 754. The molecule has 1 aliphatic heterocycles. The van der Waals surface area contributed by atoms with Gasteiger partial charge in [-0.1, -0.05) is 11.8 Å². The van der Waals surface area contributed by atoms with E-state index in [-0.39, 0.29) is 12.5 Å². The van der Waals surface area contributed by atoms with E-state index >= 15 is 0 Å². The van der Waals surface area contributed by atoms with Gasteiger partial charge < -0.3 is 19.5 Å². The summed E-state index contributed by atoms with van der Waals surface area (Å²) in [5, 5.41) is 10.9. The summed E-state index contributed by atoms with van der Waals surface area (Å²) >= 11 is 4.70. The smallest absolute Gasteiger partial charge is 0.347 e. The van der Waals surface area contributed by atoms with Crippen molar-refractivity contribution in [2.24, 2.45) is 10.2 Å². The number of methoxy groups -OCH3 is 1. The van der Waals surface area contributed by atoms with Gasteiger partial charge in [0.05, 0.1) is 30.2 Å². The fraction of sp³-hybridized carbons (Fsp3) is 0.375. The van der Waals surface area contributed by atoms with Crippen LogP contribution in [0.25, 0.3) is 0 Å². The molecule has 1 amide bonds. The molecule has 1 N–H and O–H groups in total. The Labute approximate surface area is 163 Å². The summed E-state index contributed by atoms with van der Waals surface area (Å²) in [5.41, 5.74) is 0.698. The standard InChI is InChI=1S/C16H18BrN3O5S/c1-4-24-15(22)9(2)25-14-11(17)5-10(6-12(14)23-3)7-18-20-16-19-13(21)8-26-16/h5-7,9H,4,8H2,1-3H3,(H,19,20,21). The molecular weight excluding hydrogens is 426 g/mol. The molecule has 0 aromatic heterocycles. The molecule has 140 valence electrons. The first-order valence-electron chi connectivity index (χ1n) is 7.69. The third kappa shape index (κ3) is 5.46. The highest BCUT2D eigenvalue weighted by Crippen LogP contribution is 2.37. The number of hydrogen-bond acceptors (Lipinski definition) is 8. The number of carbonyl (C=O) groups is 2. The molecule has 1 aromatic rings. The number of amides is 1. The summed E-state index contributed by atoms with van der Waals surface area (Å²) in [6.07, 6.45) is 0.734. The van der Waals surface area contributed by atoms with Gasteiger partial charge >= 0.3 is 5.97 Å². The molecule has 10 heteroatoms. The van der Waals surface area contributed by atoms with Crippen LogP contribution in [-0.4, -0.2) is 48.8 Å². The Morgan fingerprint density at radius 1 is 1.50 bits per heavy atom. The number of halogens is 1. The topological polar surface area (TPSA) is 98.6 Å². The van der Waals surface area contributed by atoms with Crippen molar-refractivity contribution in [2.75, 3.05) is 19.5 Å². The predicted molar refractivity (Wildman–Crippen MR) is 103 cm³/mol. The van der Waals surface area contributed by atoms with E-state index in [0.29, 0.717) is 32.5 Å². The summed E-state index contributed by atoms with van der Waals surface area (Å²) < 4.78 is 16.5. The van der Waals surface area contributed by atoms with Crippen molar-refractivity contribution in [1.29, 1.82) is 0 Å². The normalized spacial score (nSPS) is 16.6. The molecule has 0 aliphatic carbocycles. The largest absolute Gasteiger partial charge is 0.493 e. The number of rotatable bonds is 7. The second-order valence-electron chi connectivity index (χ2n) is 5.03. The lowest BCUT2D eigenvalue weighted by molar-refractivity contribution is -0.150.